The first kappa shape index (κ1) is 19.3. The van der Waals surface area contributed by atoms with E-state index in [-0.39, 0.29) is 19.1 Å². The number of esters is 2. The second-order valence-electron chi connectivity index (χ2n) is 6.04. The number of aryl methyl sites for hydroxylation is 1. The number of nitrogens with one attached hydrogen (secondary N) is 2. The van der Waals surface area contributed by atoms with E-state index in [9.17, 15) is 14.4 Å². The van der Waals surface area contributed by atoms with E-state index in [1.165, 1.54) is 0 Å². The summed E-state index contributed by atoms with van der Waals surface area (Å²) >= 11 is 0. The number of aromatic nitrogens is 1. The highest BCUT2D eigenvalue weighted by molar-refractivity contribution is 5.99. The molecule has 148 valence electrons. The summed E-state index contributed by atoms with van der Waals surface area (Å²) in [6.07, 6.45) is 0. The molecule has 1 aromatic heterocycles. The van der Waals surface area contributed by atoms with Crippen molar-refractivity contribution in [1.29, 1.82) is 0 Å². The van der Waals surface area contributed by atoms with E-state index in [1.54, 1.807) is 39.0 Å². The van der Waals surface area contributed by atoms with Crippen molar-refractivity contribution >= 4 is 23.5 Å². The molecule has 1 aliphatic rings. The van der Waals surface area contributed by atoms with Crippen LogP contribution in [0.3, 0.4) is 0 Å². The monoisotopic (exact) mass is 388 g/mol. The van der Waals surface area contributed by atoms with Gasteiger partial charge in [-0.1, -0.05) is 0 Å². The standard InChI is InChI=1S/C19H20N2O7/c1-4-25-18(23)16-10(2)17(20-11(16)3)19(24)26-8-15(22)21-12-5-6-13-14(7-12)28-9-27-13/h5-7,20H,4,8-9H2,1-3H3,(H,21,22). The van der Waals surface area contributed by atoms with Crippen LogP contribution in [0.1, 0.15) is 39.0 Å². The van der Waals surface area contributed by atoms with Crippen molar-refractivity contribution in [3.05, 3.63) is 40.7 Å². The molecule has 1 amide bonds. The summed E-state index contributed by atoms with van der Waals surface area (Å²) in [6.45, 7) is 4.83. The molecule has 1 aromatic carbocycles. The SMILES string of the molecule is CCOC(=O)c1c(C)[nH]c(C(=O)OCC(=O)Nc2ccc3c(c2)OCO3)c1C. The van der Waals surface area contributed by atoms with Crippen LogP contribution in [0, 0.1) is 13.8 Å². The number of amides is 1. The first-order valence-electron chi connectivity index (χ1n) is 8.63. The number of ether oxygens (including phenoxy) is 4. The molecule has 2 heterocycles. The van der Waals surface area contributed by atoms with Gasteiger partial charge in [-0.2, -0.15) is 0 Å². The van der Waals surface area contributed by atoms with E-state index in [0.717, 1.165) is 0 Å². The van der Waals surface area contributed by atoms with E-state index in [2.05, 4.69) is 10.3 Å². The molecule has 28 heavy (non-hydrogen) atoms. The molecule has 0 unspecified atom stereocenters. The Bertz CT molecular complexity index is 933. The molecule has 9 nitrogen and oxygen atoms in total. The maximum Gasteiger partial charge on any atom is 0.355 e. The second-order valence-corrected chi connectivity index (χ2v) is 6.04. The lowest BCUT2D eigenvalue weighted by Gasteiger charge is -2.07. The van der Waals surface area contributed by atoms with Crippen LogP contribution >= 0.6 is 0 Å². The van der Waals surface area contributed by atoms with E-state index in [1.807, 2.05) is 0 Å². The number of hydrogen-bond donors (Lipinski definition) is 2. The lowest BCUT2D eigenvalue weighted by atomic mass is 10.1. The summed E-state index contributed by atoms with van der Waals surface area (Å²) in [5.41, 5.74) is 1.79. The van der Waals surface area contributed by atoms with Crippen LogP contribution in [0.4, 0.5) is 5.69 Å². The third-order valence-electron chi connectivity index (χ3n) is 4.11. The Hall–Kier alpha value is -3.49. The zero-order valence-corrected chi connectivity index (χ0v) is 15.7. The smallest absolute Gasteiger partial charge is 0.355 e. The zero-order valence-electron chi connectivity index (χ0n) is 15.7. The predicted molar refractivity (Wildman–Crippen MR) is 97.7 cm³/mol. The Balaban J connectivity index is 1.60. The normalized spacial score (nSPS) is 11.8. The Morgan fingerprint density at radius 2 is 1.86 bits per heavy atom. The number of aromatic amines is 1. The molecule has 0 spiro atoms. The van der Waals surface area contributed by atoms with Crippen molar-refractivity contribution in [2.45, 2.75) is 20.8 Å². The van der Waals surface area contributed by atoms with Crippen LogP contribution in [0.15, 0.2) is 18.2 Å². The molecular weight excluding hydrogens is 368 g/mol. The molecule has 9 heteroatoms. The van der Waals surface area contributed by atoms with Crippen LogP contribution in [-0.4, -0.2) is 42.8 Å². The van der Waals surface area contributed by atoms with Gasteiger partial charge >= 0.3 is 11.9 Å². The number of carbonyl (C=O) groups is 3. The number of benzene rings is 1. The van der Waals surface area contributed by atoms with Gasteiger partial charge < -0.3 is 29.2 Å². The fourth-order valence-electron chi connectivity index (χ4n) is 2.84. The van der Waals surface area contributed by atoms with Gasteiger partial charge in [-0.15, -0.1) is 0 Å². The minimum absolute atomic E-state index is 0.108. The number of rotatable bonds is 6. The summed E-state index contributed by atoms with van der Waals surface area (Å²) in [7, 11) is 0. The lowest BCUT2D eigenvalue weighted by molar-refractivity contribution is -0.119. The van der Waals surface area contributed by atoms with E-state index < -0.39 is 24.5 Å². The third kappa shape index (κ3) is 3.93. The Morgan fingerprint density at radius 1 is 1.11 bits per heavy atom. The van der Waals surface area contributed by atoms with Crippen molar-refractivity contribution < 1.29 is 33.3 Å². The molecule has 0 radical (unpaired) electrons. The molecule has 0 bridgehead atoms. The van der Waals surface area contributed by atoms with Crippen LogP contribution in [0.25, 0.3) is 0 Å². The van der Waals surface area contributed by atoms with Crippen molar-refractivity contribution in [1.82, 2.24) is 4.98 Å². The predicted octanol–water partition coefficient (Wildman–Crippen LogP) is 2.33. The van der Waals surface area contributed by atoms with Crippen LogP contribution in [-0.2, 0) is 14.3 Å². The highest BCUT2D eigenvalue weighted by atomic mass is 16.7. The summed E-state index contributed by atoms with van der Waals surface area (Å²) < 4.78 is 20.5. The summed E-state index contributed by atoms with van der Waals surface area (Å²) in [4.78, 5) is 39.2. The fraction of sp³-hybridized carbons (Fsp3) is 0.316. The molecule has 2 N–H and O–H groups in total. The largest absolute Gasteiger partial charge is 0.462 e. The number of fused-ring (bicyclic) bond motifs is 1. The number of hydrogen-bond acceptors (Lipinski definition) is 7. The quantitative estimate of drug-likeness (QED) is 0.730. The summed E-state index contributed by atoms with van der Waals surface area (Å²) in [5, 5.41) is 2.61. The molecule has 0 saturated heterocycles. The van der Waals surface area contributed by atoms with Crippen molar-refractivity contribution in [2.75, 3.05) is 25.3 Å². The second kappa shape index (κ2) is 8.03. The third-order valence-corrected chi connectivity index (χ3v) is 4.11. The minimum atomic E-state index is -0.739. The molecule has 0 saturated carbocycles. The molecule has 0 atom stereocenters. The Kier molecular flexibility index (Phi) is 5.53. The molecule has 3 rings (SSSR count). The fourth-order valence-corrected chi connectivity index (χ4v) is 2.84. The number of H-pyrrole nitrogens is 1. The highest BCUT2D eigenvalue weighted by Crippen LogP contribution is 2.34. The van der Waals surface area contributed by atoms with Crippen molar-refractivity contribution in [3.63, 3.8) is 0 Å². The molecule has 0 fully saturated rings. The Morgan fingerprint density at radius 3 is 2.61 bits per heavy atom. The molecular formula is C19H20N2O7. The van der Waals surface area contributed by atoms with Crippen LogP contribution < -0.4 is 14.8 Å². The van der Waals surface area contributed by atoms with Gasteiger partial charge in [-0.05, 0) is 38.5 Å². The van der Waals surface area contributed by atoms with Gasteiger partial charge in [0.2, 0.25) is 6.79 Å². The first-order valence-corrected chi connectivity index (χ1v) is 8.63. The van der Waals surface area contributed by atoms with E-state index >= 15 is 0 Å². The van der Waals surface area contributed by atoms with Gasteiger partial charge in [0.15, 0.2) is 18.1 Å². The number of carbonyl (C=O) groups excluding carboxylic acids is 3. The van der Waals surface area contributed by atoms with Gasteiger partial charge in [-0.3, -0.25) is 4.79 Å². The van der Waals surface area contributed by atoms with Gasteiger partial charge in [0.05, 0.1) is 12.2 Å². The molecule has 2 aromatic rings. The summed E-state index contributed by atoms with van der Waals surface area (Å²) in [6, 6.07) is 4.94. The van der Waals surface area contributed by atoms with Gasteiger partial charge in [-0.25, -0.2) is 9.59 Å². The maximum atomic E-state index is 12.3. The zero-order chi connectivity index (χ0) is 20.3. The maximum absolute atomic E-state index is 12.3. The van der Waals surface area contributed by atoms with Gasteiger partial charge in [0.1, 0.15) is 5.69 Å². The van der Waals surface area contributed by atoms with E-state index in [4.69, 9.17) is 18.9 Å². The van der Waals surface area contributed by atoms with Crippen molar-refractivity contribution in [2.24, 2.45) is 0 Å². The van der Waals surface area contributed by atoms with Crippen LogP contribution in [0.2, 0.25) is 0 Å². The lowest BCUT2D eigenvalue weighted by Crippen LogP contribution is -2.21. The first-order chi connectivity index (χ1) is 13.4. The minimum Gasteiger partial charge on any atom is -0.462 e. The average Bonchev–Trinajstić information content (AvgIpc) is 3.23. The van der Waals surface area contributed by atoms with Gasteiger partial charge in [0, 0.05) is 17.4 Å². The highest BCUT2D eigenvalue weighted by Gasteiger charge is 2.24. The molecule has 1 aliphatic heterocycles. The average molecular weight is 388 g/mol. The van der Waals surface area contributed by atoms with Gasteiger partial charge in [0.25, 0.3) is 5.91 Å². The van der Waals surface area contributed by atoms with Crippen molar-refractivity contribution in [3.8, 4) is 11.5 Å². The van der Waals surface area contributed by atoms with E-state index in [0.29, 0.717) is 34.0 Å². The summed E-state index contributed by atoms with van der Waals surface area (Å²) in [5.74, 6) is -0.651. The topological polar surface area (TPSA) is 116 Å². The molecule has 0 aliphatic carbocycles. The number of anilines is 1. The Labute approximate surface area is 160 Å². The van der Waals surface area contributed by atoms with Crippen LogP contribution in [0.5, 0.6) is 11.5 Å².